The van der Waals surface area contributed by atoms with Crippen LogP contribution < -0.4 is 0 Å². The van der Waals surface area contributed by atoms with Crippen molar-refractivity contribution in [1.29, 1.82) is 0 Å². The average molecular weight is 309 g/mol. The molecule has 0 unspecified atom stereocenters. The van der Waals surface area contributed by atoms with Crippen molar-refractivity contribution in [3.8, 4) is 0 Å². The summed E-state index contributed by atoms with van der Waals surface area (Å²) in [4.78, 5) is 0. The fourth-order valence-corrected chi connectivity index (χ4v) is 2.30. The molecule has 0 aromatic heterocycles. The number of aliphatic hydroxyl groups is 6. The van der Waals surface area contributed by atoms with E-state index in [0.29, 0.717) is 0 Å². The fourth-order valence-electron chi connectivity index (χ4n) is 2.30. The number of hydrogen-bond acceptors (Lipinski definition) is 9. The molecular weight excluding hydrogens is 288 g/mol. The van der Waals surface area contributed by atoms with Gasteiger partial charge in [0.25, 0.3) is 0 Å². The van der Waals surface area contributed by atoms with Crippen molar-refractivity contribution in [1.82, 2.24) is 0 Å². The second kappa shape index (κ2) is 6.82. The van der Waals surface area contributed by atoms with Crippen LogP contribution in [0.25, 0.3) is 0 Å². The maximum atomic E-state index is 9.89. The average Bonchev–Trinajstić information content (AvgIpc) is 2.47. The van der Waals surface area contributed by atoms with E-state index in [1.54, 1.807) is 0 Å². The van der Waals surface area contributed by atoms with Gasteiger partial charge in [-0.2, -0.15) is 0 Å². The van der Waals surface area contributed by atoms with Gasteiger partial charge in [0.15, 0.2) is 6.29 Å². The summed E-state index contributed by atoms with van der Waals surface area (Å²) in [7, 11) is 0. The molecule has 6 N–H and O–H groups in total. The van der Waals surface area contributed by atoms with Gasteiger partial charge in [-0.15, -0.1) is 0 Å². The van der Waals surface area contributed by atoms with Gasteiger partial charge >= 0.3 is 0 Å². The summed E-state index contributed by atoms with van der Waals surface area (Å²) in [5.41, 5.74) is 0. The topological polar surface area (TPSA) is 149 Å². The molecule has 0 spiro atoms. The molecule has 123 valence electrons. The van der Waals surface area contributed by atoms with Crippen LogP contribution in [0, 0.1) is 6.61 Å². The van der Waals surface area contributed by atoms with E-state index in [0.717, 1.165) is 6.61 Å². The molecular formula is C12H21O9. The Balaban J connectivity index is 1.98. The zero-order valence-electron chi connectivity index (χ0n) is 11.4. The Labute approximate surface area is 121 Å². The third kappa shape index (κ3) is 3.36. The largest absolute Gasteiger partial charge is 0.394 e. The maximum absolute atomic E-state index is 9.89. The summed E-state index contributed by atoms with van der Waals surface area (Å²) in [5.74, 6) is 0. The normalized spacial score (nSPS) is 51.9. The Kier molecular flexibility index (Phi) is 5.52. The predicted molar refractivity (Wildman–Crippen MR) is 65.5 cm³/mol. The first-order valence-corrected chi connectivity index (χ1v) is 6.67. The van der Waals surface area contributed by atoms with Crippen molar-refractivity contribution in [3.63, 3.8) is 0 Å². The highest BCUT2D eigenvalue weighted by molar-refractivity contribution is 4.94. The lowest BCUT2D eigenvalue weighted by molar-refractivity contribution is -0.319. The van der Waals surface area contributed by atoms with Crippen LogP contribution in [0.5, 0.6) is 0 Å². The van der Waals surface area contributed by atoms with Crippen molar-refractivity contribution in [2.75, 3.05) is 6.61 Å². The lowest BCUT2D eigenvalue weighted by Crippen LogP contribution is -2.60. The Morgan fingerprint density at radius 2 is 1.62 bits per heavy atom. The molecule has 2 aliphatic heterocycles. The quantitative estimate of drug-likeness (QED) is 0.312. The van der Waals surface area contributed by atoms with Crippen LogP contribution in [0.1, 0.15) is 6.92 Å². The van der Waals surface area contributed by atoms with Crippen LogP contribution in [0.3, 0.4) is 0 Å². The molecule has 0 saturated carbocycles. The molecule has 9 atom stereocenters. The summed E-state index contributed by atoms with van der Waals surface area (Å²) in [6, 6.07) is 0. The zero-order chi connectivity index (χ0) is 15.7. The summed E-state index contributed by atoms with van der Waals surface area (Å²) in [5, 5.41) is 57.6. The molecule has 2 heterocycles. The third-order valence-corrected chi connectivity index (χ3v) is 3.73. The van der Waals surface area contributed by atoms with Crippen molar-refractivity contribution < 1.29 is 44.8 Å². The monoisotopic (exact) mass is 309 g/mol. The van der Waals surface area contributed by atoms with E-state index in [-0.39, 0.29) is 0 Å². The Bertz CT molecular complexity index is 341. The number of ether oxygens (including phenoxy) is 3. The summed E-state index contributed by atoms with van der Waals surface area (Å²) in [6.07, 6.45) is -11.2. The minimum absolute atomic E-state index is 0.480. The lowest BCUT2D eigenvalue weighted by Gasteiger charge is -2.42. The Hall–Kier alpha value is -0.360. The molecule has 1 radical (unpaired) electrons. The van der Waals surface area contributed by atoms with E-state index in [9.17, 15) is 25.5 Å². The van der Waals surface area contributed by atoms with Gasteiger partial charge in [0.1, 0.15) is 49.3 Å². The Morgan fingerprint density at radius 3 is 2.24 bits per heavy atom. The van der Waals surface area contributed by atoms with Crippen LogP contribution in [-0.2, 0) is 14.2 Å². The second-order valence-corrected chi connectivity index (χ2v) is 5.26. The molecule has 2 aliphatic rings. The lowest BCUT2D eigenvalue weighted by atomic mass is 9.98. The van der Waals surface area contributed by atoms with Crippen LogP contribution in [-0.4, -0.2) is 92.4 Å². The van der Waals surface area contributed by atoms with Crippen LogP contribution in [0.4, 0.5) is 0 Å². The number of hydrogen-bond donors (Lipinski definition) is 6. The number of aliphatic hydroxyl groups excluding tert-OH is 6. The molecule has 0 amide bonds. The second-order valence-electron chi connectivity index (χ2n) is 5.26. The maximum Gasteiger partial charge on any atom is 0.187 e. The molecule has 2 fully saturated rings. The molecule has 0 aromatic rings. The van der Waals surface area contributed by atoms with Crippen molar-refractivity contribution in [2.24, 2.45) is 0 Å². The molecule has 2 saturated heterocycles. The van der Waals surface area contributed by atoms with Gasteiger partial charge in [-0.3, -0.25) is 0 Å². The van der Waals surface area contributed by atoms with Crippen LogP contribution in [0.15, 0.2) is 0 Å². The minimum atomic E-state index is -1.52. The highest BCUT2D eigenvalue weighted by Crippen LogP contribution is 2.27. The van der Waals surface area contributed by atoms with Gasteiger partial charge < -0.3 is 44.8 Å². The van der Waals surface area contributed by atoms with E-state index < -0.39 is 61.7 Å². The minimum Gasteiger partial charge on any atom is -0.394 e. The van der Waals surface area contributed by atoms with E-state index in [4.69, 9.17) is 19.3 Å². The highest BCUT2D eigenvalue weighted by atomic mass is 16.7. The molecule has 0 aromatic carbocycles. The zero-order valence-corrected chi connectivity index (χ0v) is 11.4. The summed E-state index contributed by atoms with van der Waals surface area (Å²) >= 11 is 0. The highest BCUT2D eigenvalue weighted by Gasteiger charge is 2.46. The smallest absolute Gasteiger partial charge is 0.187 e. The molecule has 0 aliphatic carbocycles. The van der Waals surface area contributed by atoms with Gasteiger partial charge in [0.05, 0.1) is 12.7 Å². The standard InChI is InChI=1S/C12H21O9/c1-4-7(14)10(17)11(18)12(20-4)21-6-3-19-5(2-13)8(15)9(6)16/h3-18H,2H2,1H3/t4-,5+,6-,7-,8+,9+,10+,11+,12+/m0/s1. The van der Waals surface area contributed by atoms with E-state index in [1.165, 1.54) is 6.92 Å². The summed E-state index contributed by atoms with van der Waals surface area (Å²) in [6.45, 7) is 2.09. The Morgan fingerprint density at radius 1 is 0.952 bits per heavy atom. The fraction of sp³-hybridized carbons (Fsp3) is 0.917. The van der Waals surface area contributed by atoms with E-state index in [1.807, 2.05) is 0 Å². The molecule has 9 heteroatoms. The van der Waals surface area contributed by atoms with Gasteiger partial charge in [-0.25, -0.2) is 0 Å². The van der Waals surface area contributed by atoms with Crippen molar-refractivity contribution in [3.05, 3.63) is 6.61 Å². The molecule has 0 bridgehead atoms. The SMILES string of the molecule is C[C@@H]1O[C@H](O[C@H]2[CH]O[C@H](CO)[C@@H](O)[C@@H]2O)[C@H](O)[C@H](O)[C@H]1O. The van der Waals surface area contributed by atoms with Crippen LogP contribution in [0.2, 0.25) is 0 Å². The van der Waals surface area contributed by atoms with E-state index >= 15 is 0 Å². The first-order valence-electron chi connectivity index (χ1n) is 6.67. The first-order chi connectivity index (χ1) is 9.86. The summed E-state index contributed by atoms with van der Waals surface area (Å²) < 4.78 is 15.5. The van der Waals surface area contributed by atoms with Gasteiger partial charge in [0, 0.05) is 0 Å². The first kappa shape index (κ1) is 17.0. The molecule has 21 heavy (non-hydrogen) atoms. The predicted octanol–water partition coefficient (Wildman–Crippen LogP) is -3.53. The van der Waals surface area contributed by atoms with Crippen LogP contribution >= 0.6 is 0 Å². The van der Waals surface area contributed by atoms with E-state index in [2.05, 4.69) is 0 Å². The van der Waals surface area contributed by atoms with Gasteiger partial charge in [-0.05, 0) is 6.92 Å². The molecule has 9 nitrogen and oxygen atoms in total. The third-order valence-electron chi connectivity index (χ3n) is 3.73. The van der Waals surface area contributed by atoms with Crippen molar-refractivity contribution >= 4 is 0 Å². The van der Waals surface area contributed by atoms with Crippen molar-refractivity contribution in [2.45, 2.75) is 62.0 Å². The number of rotatable bonds is 3. The van der Waals surface area contributed by atoms with Gasteiger partial charge in [-0.1, -0.05) is 0 Å². The molecule has 2 rings (SSSR count). The van der Waals surface area contributed by atoms with Gasteiger partial charge in [0.2, 0.25) is 0 Å².